The highest BCUT2D eigenvalue weighted by molar-refractivity contribution is 7.98. The van der Waals surface area contributed by atoms with E-state index in [1.165, 1.54) is 16.0 Å². The zero-order valence-electron chi connectivity index (χ0n) is 9.91. The van der Waals surface area contributed by atoms with Crippen LogP contribution in [0.2, 0.25) is 0 Å². The molecule has 0 aliphatic heterocycles. The van der Waals surface area contributed by atoms with Crippen LogP contribution in [0.1, 0.15) is 24.0 Å². The van der Waals surface area contributed by atoms with Crippen LogP contribution in [0.3, 0.4) is 0 Å². The van der Waals surface area contributed by atoms with Crippen molar-refractivity contribution in [3.8, 4) is 0 Å². The number of benzene rings is 1. The SMILES string of the molecule is CSc1cc(CCO)cc(CCCCN)c1. The topological polar surface area (TPSA) is 46.2 Å². The number of unbranched alkanes of at least 4 members (excludes halogenated alkanes) is 1. The number of aliphatic hydroxyl groups is 1. The normalized spacial score (nSPS) is 10.7. The lowest BCUT2D eigenvalue weighted by Gasteiger charge is -2.07. The van der Waals surface area contributed by atoms with Gasteiger partial charge in [0.1, 0.15) is 0 Å². The number of aliphatic hydroxyl groups excluding tert-OH is 1. The molecule has 0 radical (unpaired) electrons. The third-order valence-corrected chi connectivity index (χ3v) is 3.29. The average Bonchev–Trinajstić information content (AvgIpc) is 2.29. The van der Waals surface area contributed by atoms with Gasteiger partial charge in [-0.15, -0.1) is 11.8 Å². The van der Waals surface area contributed by atoms with Crippen molar-refractivity contribution >= 4 is 11.8 Å². The molecule has 0 saturated carbocycles. The zero-order chi connectivity index (χ0) is 11.8. The van der Waals surface area contributed by atoms with Crippen LogP contribution in [0.4, 0.5) is 0 Å². The van der Waals surface area contributed by atoms with Gasteiger partial charge in [0.15, 0.2) is 0 Å². The first-order chi connectivity index (χ1) is 7.80. The molecule has 90 valence electrons. The highest BCUT2D eigenvalue weighted by atomic mass is 32.2. The lowest BCUT2D eigenvalue weighted by Crippen LogP contribution is -1.99. The third-order valence-electron chi connectivity index (χ3n) is 2.58. The Labute approximate surface area is 102 Å². The molecule has 0 amide bonds. The number of rotatable bonds is 7. The highest BCUT2D eigenvalue weighted by Crippen LogP contribution is 2.20. The largest absolute Gasteiger partial charge is 0.396 e. The minimum absolute atomic E-state index is 0.222. The van der Waals surface area contributed by atoms with Crippen molar-refractivity contribution in [3.63, 3.8) is 0 Å². The van der Waals surface area contributed by atoms with Crippen LogP contribution in [-0.4, -0.2) is 24.5 Å². The second kappa shape index (κ2) is 7.71. The van der Waals surface area contributed by atoms with Crippen molar-refractivity contribution in [2.45, 2.75) is 30.6 Å². The van der Waals surface area contributed by atoms with Gasteiger partial charge in [0.25, 0.3) is 0 Å². The molecule has 0 fully saturated rings. The number of hydrogen-bond acceptors (Lipinski definition) is 3. The molecule has 0 saturated heterocycles. The first-order valence-corrected chi connectivity index (χ1v) is 7.00. The van der Waals surface area contributed by atoms with Gasteiger partial charge in [0, 0.05) is 11.5 Å². The van der Waals surface area contributed by atoms with Gasteiger partial charge < -0.3 is 10.8 Å². The molecule has 16 heavy (non-hydrogen) atoms. The van der Waals surface area contributed by atoms with Gasteiger partial charge in [0.05, 0.1) is 0 Å². The Balaban J connectivity index is 2.69. The smallest absolute Gasteiger partial charge is 0.0471 e. The summed E-state index contributed by atoms with van der Waals surface area (Å²) in [5, 5.41) is 8.96. The summed E-state index contributed by atoms with van der Waals surface area (Å²) >= 11 is 1.76. The second-order valence-electron chi connectivity index (χ2n) is 3.91. The lowest BCUT2D eigenvalue weighted by atomic mass is 10.0. The van der Waals surface area contributed by atoms with Crippen molar-refractivity contribution in [3.05, 3.63) is 29.3 Å². The van der Waals surface area contributed by atoms with Crippen LogP contribution in [0, 0.1) is 0 Å². The molecule has 0 spiro atoms. The van der Waals surface area contributed by atoms with E-state index < -0.39 is 0 Å². The molecule has 0 atom stereocenters. The number of nitrogens with two attached hydrogens (primary N) is 1. The van der Waals surface area contributed by atoms with Gasteiger partial charge in [-0.3, -0.25) is 0 Å². The second-order valence-corrected chi connectivity index (χ2v) is 4.79. The monoisotopic (exact) mass is 239 g/mol. The third kappa shape index (κ3) is 4.56. The molecule has 0 bridgehead atoms. The quantitative estimate of drug-likeness (QED) is 0.566. The van der Waals surface area contributed by atoms with Crippen molar-refractivity contribution in [2.24, 2.45) is 5.73 Å². The van der Waals surface area contributed by atoms with Gasteiger partial charge in [-0.25, -0.2) is 0 Å². The summed E-state index contributed by atoms with van der Waals surface area (Å²) in [4.78, 5) is 1.29. The summed E-state index contributed by atoms with van der Waals surface area (Å²) in [6, 6.07) is 6.60. The Kier molecular flexibility index (Phi) is 6.53. The predicted molar refractivity (Wildman–Crippen MR) is 71.0 cm³/mol. The van der Waals surface area contributed by atoms with E-state index in [9.17, 15) is 0 Å². The van der Waals surface area contributed by atoms with Gasteiger partial charge >= 0.3 is 0 Å². The van der Waals surface area contributed by atoms with E-state index in [1.807, 2.05) is 0 Å². The molecule has 0 aliphatic carbocycles. The Morgan fingerprint density at radius 3 is 2.38 bits per heavy atom. The van der Waals surface area contributed by atoms with E-state index in [0.29, 0.717) is 0 Å². The van der Waals surface area contributed by atoms with E-state index in [0.717, 1.165) is 32.2 Å². The van der Waals surface area contributed by atoms with Crippen LogP contribution in [0.15, 0.2) is 23.1 Å². The van der Waals surface area contributed by atoms with Crippen molar-refractivity contribution in [1.82, 2.24) is 0 Å². The van der Waals surface area contributed by atoms with E-state index in [-0.39, 0.29) is 6.61 Å². The van der Waals surface area contributed by atoms with Crippen LogP contribution in [0.25, 0.3) is 0 Å². The molecule has 3 heteroatoms. The summed E-state index contributed by atoms with van der Waals surface area (Å²) in [7, 11) is 0. The molecule has 1 rings (SSSR count). The van der Waals surface area contributed by atoms with Gasteiger partial charge in [0.2, 0.25) is 0 Å². The molecular weight excluding hydrogens is 218 g/mol. The summed E-state index contributed by atoms with van der Waals surface area (Å²) in [6.45, 7) is 0.992. The van der Waals surface area contributed by atoms with Gasteiger partial charge in [-0.1, -0.05) is 6.07 Å². The average molecular weight is 239 g/mol. The van der Waals surface area contributed by atoms with Crippen LogP contribution in [-0.2, 0) is 12.8 Å². The highest BCUT2D eigenvalue weighted by Gasteiger charge is 2.00. The number of thioether (sulfide) groups is 1. The fourth-order valence-corrected chi connectivity index (χ4v) is 2.28. The molecule has 1 aromatic rings. The Hall–Kier alpha value is -0.510. The van der Waals surface area contributed by atoms with E-state index >= 15 is 0 Å². The molecule has 1 aromatic carbocycles. The Morgan fingerprint density at radius 2 is 1.81 bits per heavy atom. The van der Waals surface area contributed by atoms with E-state index in [1.54, 1.807) is 11.8 Å². The molecule has 2 nitrogen and oxygen atoms in total. The van der Waals surface area contributed by atoms with Crippen LogP contribution >= 0.6 is 11.8 Å². The lowest BCUT2D eigenvalue weighted by molar-refractivity contribution is 0.299. The van der Waals surface area contributed by atoms with Crippen molar-refractivity contribution in [2.75, 3.05) is 19.4 Å². The fraction of sp³-hybridized carbons (Fsp3) is 0.538. The maximum Gasteiger partial charge on any atom is 0.0471 e. The number of hydrogen-bond donors (Lipinski definition) is 2. The van der Waals surface area contributed by atoms with Crippen molar-refractivity contribution < 1.29 is 5.11 Å². The summed E-state index contributed by atoms with van der Waals surface area (Å²) in [5.74, 6) is 0. The molecule has 0 unspecified atom stereocenters. The summed E-state index contributed by atoms with van der Waals surface area (Å²) in [6.07, 6.45) is 6.15. The maximum atomic E-state index is 8.96. The Morgan fingerprint density at radius 1 is 1.12 bits per heavy atom. The minimum Gasteiger partial charge on any atom is -0.396 e. The molecular formula is C13H21NOS. The van der Waals surface area contributed by atoms with E-state index in [4.69, 9.17) is 10.8 Å². The van der Waals surface area contributed by atoms with Crippen molar-refractivity contribution in [1.29, 1.82) is 0 Å². The fourth-order valence-electron chi connectivity index (χ4n) is 1.74. The summed E-state index contributed by atoms with van der Waals surface area (Å²) in [5.41, 5.74) is 8.09. The first-order valence-electron chi connectivity index (χ1n) is 5.78. The maximum absolute atomic E-state index is 8.96. The molecule has 0 aromatic heterocycles. The summed E-state index contributed by atoms with van der Waals surface area (Å²) < 4.78 is 0. The number of aryl methyl sites for hydroxylation is 1. The van der Waals surface area contributed by atoms with Crippen LogP contribution < -0.4 is 5.73 Å². The molecule has 0 aliphatic rings. The van der Waals surface area contributed by atoms with Gasteiger partial charge in [-0.05, 0) is 61.7 Å². The van der Waals surface area contributed by atoms with Gasteiger partial charge in [-0.2, -0.15) is 0 Å². The molecule has 0 heterocycles. The van der Waals surface area contributed by atoms with Crippen LogP contribution in [0.5, 0.6) is 0 Å². The first kappa shape index (κ1) is 13.6. The minimum atomic E-state index is 0.222. The molecule has 3 N–H and O–H groups in total. The predicted octanol–water partition coefficient (Wildman–Crippen LogP) is 2.22. The Bertz CT molecular complexity index is 315. The zero-order valence-corrected chi connectivity index (χ0v) is 10.7. The standard InChI is InChI=1S/C13H21NOS/c1-16-13-9-11(4-2-3-6-14)8-12(10-13)5-7-15/h8-10,15H,2-7,14H2,1H3. The van der Waals surface area contributed by atoms with E-state index in [2.05, 4.69) is 24.5 Å².